The second-order valence-electron chi connectivity index (χ2n) is 6.38. The molecule has 1 aromatic carbocycles. The van der Waals surface area contributed by atoms with Gasteiger partial charge >= 0.3 is 0 Å². The lowest BCUT2D eigenvalue weighted by Crippen LogP contribution is -2.35. The molecule has 0 fully saturated rings. The number of halogens is 1. The molecule has 3 rings (SSSR count). The van der Waals surface area contributed by atoms with Crippen molar-refractivity contribution in [1.82, 2.24) is 20.2 Å². The number of aromatic hydroxyl groups is 1. The standard InChI is InChI=1S/C18H21FN4O4/c1-10-8-27-9-13(20-2)16-22-14(15(24)18(26)23(10)16)17(25)21-7-11-3-5-12(19)6-4-11/h3-6,10,13,20,24H,7-9H2,1-2H3,(H,21,25)/t10-,13+/m0/s1. The van der Waals surface area contributed by atoms with Crippen LogP contribution in [0, 0.1) is 5.82 Å². The topological polar surface area (TPSA) is 105 Å². The number of likely N-dealkylation sites (N-methyl/N-ethyl adjacent to an activating group) is 1. The van der Waals surface area contributed by atoms with Crippen molar-refractivity contribution < 1.29 is 19.0 Å². The molecule has 0 saturated carbocycles. The van der Waals surface area contributed by atoms with E-state index in [1.54, 1.807) is 14.0 Å². The summed E-state index contributed by atoms with van der Waals surface area (Å²) in [6.07, 6.45) is 0. The van der Waals surface area contributed by atoms with Crippen molar-refractivity contribution in [2.24, 2.45) is 0 Å². The Kier molecular flexibility index (Phi) is 5.52. The zero-order valence-electron chi connectivity index (χ0n) is 15.0. The Labute approximate surface area is 155 Å². The Morgan fingerprint density at radius 3 is 2.74 bits per heavy atom. The van der Waals surface area contributed by atoms with Crippen LogP contribution in [-0.2, 0) is 11.3 Å². The molecular weight excluding hydrogens is 355 g/mol. The van der Waals surface area contributed by atoms with E-state index in [0.717, 1.165) is 0 Å². The molecule has 2 aromatic rings. The number of hydrogen-bond acceptors (Lipinski definition) is 6. The van der Waals surface area contributed by atoms with Gasteiger partial charge in [0.2, 0.25) is 5.75 Å². The summed E-state index contributed by atoms with van der Waals surface area (Å²) >= 11 is 0. The maximum atomic E-state index is 13.0. The largest absolute Gasteiger partial charge is 0.501 e. The van der Waals surface area contributed by atoms with Crippen molar-refractivity contribution in [1.29, 1.82) is 0 Å². The summed E-state index contributed by atoms with van der Waals surface area (Å²) in [4.78, 5) is 29.4. The summed E-state index contributed by atoms with van der Waals surface area (Å²) in [5, 5.41) is 15.8. The van der Waals surface area contributed by atoms with Gasteiger partial charge in [-0.2, -0.15) is 0 Å². The molecule has 1 aromatic heterocycles. The third kappa shape index (κ3) is 3.83. The number of rotatable bonds is 4. The van der Waals surface area contributed by atoms with Crippen molar-refractivity contribution >= 4 is 5.91 Å². The lowest BCUT2D eigenvalue weighted by atomic mass is 10.2. The first-order valence-electron chi connectivity index (χ1n) is 8.55. The van der Waals surface area contributed by atoms with Gasteiger partial charge in [-0.3, -0.25) is 14.2 Å². The molecule has 0 bridgehead atoms. The van der Waals surface area contributed by atoms with E-state index in [2.05, 4.69) is 15.6 Å². The van der Waals surface area contributed by atoms with Gasteiger partial charge in [0.25, 0.3) is 11.5 Å². The van der Waals surface area contributed by atoms with Gasteiger partial charge in [0.1, 0.15) is 11.6 Å². The lowest BCUT2D eigenvalue weighted by Gasteiger charge is -2.20. The smallest absolute Gasteiger partial charge is 0.296 e. The second-order valence-corrected chi connectivity index (χ2v) is 6.38. The molecule has 1 aliphatic heterocycles. The fourth-order valence-electron chi connectivity index (χ4n) is 2.96. The van der Waals surface area contributed by atoms with Crippen LogP contribution in [0.15, 0.2) is 29.1 Å². The predicted molar refractivity (Wildman–Crippen MR) is 95.1 cm³/mol. The minimum atomic E-state index is -0.709. The number of fused-ring (bicyclic) bond motifs is 1. The summed E-state index contributed by atoms with van der Waals surface area (Å²) in [6.45, 7) is 2.46. The maximum Gasteiger partial charge on any atom is 0.296 e. The molecule has 144 valence electrons. The summed E-state index contributed by atoms with van der Waals surface area (Å²) < 4.78 is 19.8. The molecule has 8 nitrogen and oxygen atoms in total. The molecule has 0 spiro atoms. The first-order valence-corrected chi connectivity index (χ1v) is 8.55. The quantitative estimate of drug-likeness (QED) is 0.731. The Balaban J connectivity index is 1.92. The maximum absolute atomic E-state index is 13.0. The van der Waals surface area contributed by atoms with E-state index in [0.29, 0.717) is 18.0 Å². The molecule has 27 heavy (non-hydrogen) atoms. The second kappa shape index (κ2) is 7.85. The first-order chi connectivity index (χ1) is 12.9. The van der Waals surface area contributed by atoms with E-state index in [9.17, 15) is 19.1 Å². The molecule has 9 heteroatoms. The highest BCUT2D eigenvalue weighted by molar-refractivity contribution is 5.94. The number of benzene rings is 1. The van der Waals surface area contributed by atoms with Crippen molar-refractivity contribution in [3.8, 4) is 5.75 Å². The Morgan fingerprint density at radius 1 is 1.37 bits per heavy atom. The summed E-state index contributed by atoms with van der Waals surface area (Å²) in [7, 11) is 1.70. The number of carbonyl (C=O) groups is 1. The molecular formula is C18H21FN4O4. The molecule has 0 aliphatic carbocycles. The SMILES string of the molecule is CN[C@@H]1COC[C@H](C)n2c1nc(C(=O)NCc1ccc(F)cc1)c(O)c2=O. The highest BCUT2D eigenvalue weighted by Gasteiger charge is 2.29. The number of nitrogens with zero attached hydrogens (tertiary/aromatic N) is 2. The monoisotopic (exact) mass is 376 g/mol. The number of aromatic nitrogens is 2. The number of carbonyl (C=O) groups excluding carboxylic acids is 1. The van der Waals surface area contributed by atoms with Gasteiger partial charge in [-0.25, -0.2) is 9.37 Å². The van der Waals surface area contributed by atoms with Gasteiger partial charge in [0, 0.05) is 6.54 Å². The number of amides is 1. The highest BCUT2D eigenvalue weighted by Crippen LogP contribution is 2.22. The van der Waals surface area contributed by atoms with Crippen LogP contribution in [0.3, 0.4) is 0 Å². The third-order valence-corrected chi connectivity index (χ3v) is 4.44. The molecule has 2 atom stereocenters. The number of nitrogens with one attached hydrogen (secondary N) is 2. The molecule has 3 N–H and O–H groups in total. The van der Waals surface area contributed by atoms with Gasteiger partial charge in [-0.1, -0.05) is 12.1 Å². The highest BCUT2D eigenvalue weighted by atomic mass is 19.1. The molecule has 2 heterocycles. The van der Waals surface area contributed by atoms with Crippen molar-refractivity contribution in [2.75, 3.05) is 20.3 Å². The normalized spacial score (nSPS) is 19.2. The summed E-state index contributed by atoms with van der Waals surface area (Å²) in [5.41, 5.74) is -0.362. The van der Waals surface area contributed by atoms with E-state index < -0.39 is 23.3 Å². The Bertz CT molecular complexity index is 897. The van der Waals surface area contributed by atoms with Crippen molar-refractivity contribution in [3.63, 3.8) is 0 Å². The first kappa shape index (κ1) is 19.0. The van der Waals surface area contributed by atoms with E-state index in [1.165, 1.54) is 28.8 Å². The van der Waals surface area contributed by atoms with Gasteiger partial charge in [-0.15, -0.1) is 0 Å². The Hall–Kier alpha value is -2.78. The van der Waals surface area contributed by atoms with Crippen LogP contribution in [-0.4, -0.2) is 40.8 Å². The van der Waals surface area contributed by atoms with Crippen LogP contribution in [0.1, 0.15) is 40.9 Å². The predicted octanol–water partition coefficient (Wildman–Crippen LogP) is 0.870. The Morgan fingerprint density at radius 2 is 2.07 bits per heavy atom. The van der Waals surface area contributed by atoms with Crippen LogP contribution < -0.4 is 16.2 Å². The van der Waals surface area contributed by atoms with Gasteiger partial charge in [0.15, 0.2) is 5.69 Å². The van der Waals surface area contributed by atoms with Gasteiger partial charge in [0.05, 0.1) is 25.3 Å². The average Bonchev–Trinajstić information content (AvgIpc) is 2.82. The van der Waals surface area contributed by atoms with E-state index in [4.69, 9.17) is 4.74 Å². The minimum Gasteiger partial charge on any atom is -0.501 e. The molecule has 0 radical (unpaired) electrons. The van der Waals surface area contributed by atoms with Crippen LogP contribution in [0.5, 0.6) is 5.75 Å². The summed E-state index contributed by atoms with van der Waals surface area (Å²) in [5.74, 6) is -1.45. The van der Waals surface area contributed by atoms with Crippen LogP contribution in [0.25, 0.3) is 0 Å². The number of hydrogen-bond donors (Lipinski definition) is 3. The summed E-state index contributed by atoms with van der Waals surface area (Å²) in [6, 6.07) is 4.90. The molecule has 1 amide bonds. The molecule has 0 saturated heterocycles. The van der Waals surface area contributed by atoms with Gasteiger partial charge < -0.3 is 20.5 Å². The van der Waals surface area contributed by atoms with E-state index in [1.807, 2.05) is 0 Å². The molecule has 1 aliphatic rings. The zero-order valence-corrected chi connectivity index (χ0v) is 15.0. The number of ether oxygens (including phenoxy) is 1. The van der Waals surface area contributed by atoms with Crippen LogP contribution in [0.4, 0.5) is 4.39 Å². The minimum absolute atomic E-state index is 0.105. The van der Waals surface area contributed by atoms with Crippen LogP contribution >= 0.6 is 0 Å². The van der Waals surface area contributed by atoms with Crippen LogP contribution in [0.2, 0.25) is 0 Å². The fraction of sp³-hybridized carbons (Fsp3) is 0.389. The lowest BCUT2D eigenvalue weighted by molar-refractivity contribution is 0.0941. The third-order valence-electron chi connectivity index (χ3n) is 4.44. The average molecular weight is 376 g/mol. The van der Waals surface area contributed by atoms with Crippen molar-refractivity contribution in [2.45, 2.75) is 25.6 Å². The fourth-order valence-corrected chi connectivity index (χ4v) is 2.96. The molecule has 0 unspecified atom stereocenters. The van der Waals surface area contributed by atoms with E-state index in [-0.39, 0.29) is 30.7 Å². The van der Waals surface area contributed by atoms with Gasteiger partial charge in [-0.05, 0) is 31.7 Å². The van der Waals surface area contributed by atoms with E-state index >= 15 is 0 Å². The van der Waals surface area contributed by atoms with Crippen molar-refractivity contribution in [3.05, 3.63) is 57.5 Å². The zero-order chi connectivity index (χ0) is 19.6.